The molecule has 0 heterocycles. The molecule has 0 saturated heterocycles. The maximum absolute atomic E-state index is 12.3. The molecule has 0 unspecified atom stereocenters. The number of rotatable bonds is 8. The van der Waals surface area contributed by atoms with Crippen LogP contribution in [0.5, 0.6) is 5.75 Å². The molecule has 0 spiro atoms. The number of ketones is 1. The first kappa shape index (κ1) is 23.1. The third kappa shape index (κ3) is 6.44. The number of ether oxygens (including phenoxy) is 2. The number of nitrogens with one attached hydrogen (secondary N) is 1. The highest BCUT2D eigenvalue weighted by molar-refractivity contribution is 5.96. The highest BCUT2D eigenvalue weighted by atomic mass is 16.5. The van der Waals surface area contributed by atoms with E-state index in [1.54, 1.807) is 30.3 Å². The molecule has 0 aliphatic heterocycles. The van der Waals surface area contributed by atoms with E-state index in [1.807, 2.05) is 19.1 Å². The van der Waals surface area contributed by atoms with Gasteiger partial charge in [-0.05, 0) is 55.2 Å². The first-order chi connectivity index (χ1) is 14.1. The van der Waals surface area contributed by atoms with Crippen LogP contribution in [0.3, 0.4) is 0 Å². The van der Waals surface area contributed by atoms with Crippen LogP contribution in [0.1, 0.15) is 66.5 Å². The number of hydrogen-bond donors (Lipinski definition) is 1. The lowest BCUT2D eigenvalue weighted by molar-refractivity contribution is -0.143. The first-order valence-corrected chi connectivity index (χ1v) is 9.93. The van der Waals surface area contributed by atoms with Gasteiger partial charge in [-0.25, -0.2) is 0 Å². The predicted octanol–water partition coefficient (Wildman–Crippen LogP) is 4.06. The summed E-state index contributed by atoms with van der Waals surface area (Å²) in [5, 5.41) is 2.56. The van der Waals surface area contributed by atoms with E-state index in [9.17, 15) is 14.4 Å². The summed E-state index contributed by atoms with van der Waals surface area (Å²) in [7, 11) is 0. The number of Topliss-reactive ketones (excluding diaryl/α,β-unsaturated/α-hetero) is 1. The zero-order valence-corrected chi connectivity index (χ0v) is 18.2. The number of esters is 1. The molecule has 0 aromatic heterocycles. The van der Waals surface area contributed by atoms with Gasteiger partial charge < -0.3 is 14.8 Å². The van der Waals surface area contributed by atoms with Crippen LogP contribution in [0.4, 0.5) is 0 Å². The van der Waals surface area contributed by atoms with Gasteiger partial charge in [-0.15, -0.1) is 0 Å². The summed E-state index contributed by atoms with van der Waals surface area (Å²) in [6, 6.07) is 12.3. The highest BCUT2D eigenvalue weighted by Crippen LogP contribution is 2.23. The molecule has 160 valence electrons. The van der Waals surface area contributed by atoms with E-state index in [0.29, 0.717) is 29.0 Å². The second kappa shape index (κ2) is 10.1. The van der Waals surface area contributed by atoms with Crippen LogP contribution in [-0.2, 0) is 21.6 Å². The standard InChI is InChI=1S/C24H29NO5/c1-6-29-21-12-9-18(16(2)26)13-19(21)15-30-22(27)14-25-23(28)17-7-10-20(11-8-17)24(3,4)5/h7-13H,6,14-15H2,1-5H3,(H,25,28). The Morgan fingerprint density at radius 3 is 2.17 bits per heavy atom. The summed E-state index contributed by atoms with van der Waals surface area (Å²) in [6.45, 7) is 9.75. The minimum Gasteiger partial charge on any atom is -0.493 e. The summed E-state index contributed by atoms with van der Waals surface area (Å²) >= 11 is 0. The molecule has 0 aliphatic rings. The molecule has 0 atom stereocenters. The number of hydrogen-bond acceptors (Lipinski definition) is 5. The second-order valence-electron chi connectivity index (χ2n) is 7.98. The number of carbonyl (C=O) groups is 3. The van der Waals surface area contributed by atoms with Crippen molar-refractivity contribution >= 4 is 17.7 Å². The van der Waals surface area contributed by atoms with E-state index >= 15 is 0 Å². The van der Waals surface area contributed by atoms with Crippen molar-refractivity contribution in [1.82, 2.24) is 5.32 Å². The molecule has 1 amide bonds. The maximum atomic E-state index is 12.3. The molecule has 2 aromatic carbocycles. The topological polar surface area (TPSA) is 81.7 Å². The van der Waals surface area contributed by atoms with Crippen LogP contribution in [0.2, 0.25) is 0 Å². The smallest absolute Gasteiger partial charge is 0.325 e. The van der Waals surface area contributed by atoms with Crippen molar-refractivity contribution in [2.24, 2.45) is 0 Å². The van der Waals surface area contributed by atoms with Gasteiger partial charge in [0, 0.05) is 16.7 Å². The minimum absolute atomic E-state index is 0.00114. The fourth-order valence-corrected chi connectivity index (χ4v) is 2.79. The number of amides is 1. The second-order valence-corrected chi connectivity index (χ2v) is 7.98. The van der Waals surface area contributed by atoms with Gasteiger partial charge >= 0.3 is 5.97 Å². The first-order valence-electron chi connectivity index (χ1n) is 9.93. The molecule has 1 N–H and O–H groups in total. The maximum Gasteiger partial charge on any atom is 0.325 e. The van der Waals surface area contributed by atoms with E-state index in [0.717, 1.165) is 5.56 Å². The van der Waals surface area contributed by atoms with Crippen LogP contribution in [0.15, 0.2) is 42.5 Å². The van der Waals surface area contributed by atoms with Crippen molar-refractivity contribution in [1.29, 1.82) is 0 Å². The highest BCUT2D eigenvalue weighted by Gasteiger charge is 2.15. The number of carbonyl (C=O) groups excluding carboxylic acids is 3. The van der Waals surface area contributed by atoms with Crippen LogP contribution in [0, 0.1) is 0 Å². The average Bonchev–Trinajstić information content (AvgIpc) is 2.70. The lowest BCUT2D eigenvalue weighted by atomic mass is 9.87. The van der Waals surface area contributed by atoms with Crippen LogP contribution >= 0.6 is 0 Å². The summed E-state index contributed by atoms with van der Waals surface area (Å²) in [5.41, 5.74) is 2.71. The van der Waals surface area contributed by atoms with Crippen molar-refractivity contribution in [3.8, 4) is 5.75 Å². The third-order valence-electron chi connectivity index (χ3n) is 4.56. The van der Waals surface area contributed by atoms with Gasteiger partial charge in [0.05, 0.1) is 6.61 Å². The van der Waals surface area contributed by atoms with E-state index in [-0.39, 0.29) is 30.3 Å². The summed E-state index contributed by atoms with van der Waals surface area (Å²) in [4.78, 5) is 35.9. The van der Waals surface area contributed by atoms with Gasteiger partial charge in [-0.1, -0.05) is 32.9 Å². The molecule has 2 aromatic rings. The van der Waals surface area contributed by atoms with Crippen molar-refractivity contribution in [2.45, 2.75) is 46.6 Å². The molecule has 0 fully saturated rings. The Morgan fingerprint density at radius 1 is 0.967 bits per heavy atom. The van der Waals surface area contributed by atoms with Crippen molar-refractivity contribution < 1.29 is 23.9 Å². The van der Waals surface area contributed by atoms with Crippen LogP contribution in [-0.4, -0.2) is 30.8 Å². The van der Waals surface area contributed by atoms with E-state index in [4.69, 9.17) is 9.47 Å². The van der Waals surface area contributed by atoms with Crippen molar-refractivity contribution in [2.75, 3.05) is 13.2 Å². The summed E-state index contributed by atoms with van der Waals surface area (Å²) < 4.78 is 10.8. The zero-order valence-electron chi connectivity index (χ0n) is 18.2. The van der Waals surface area contributed by atoms with Gasteiger partial charge in [0.2, 0.25) is 0 Å². The van der Waals surface area contributed by atoms with Crippen LogP contribution < -0.4 is 10.1 Å². The largest absolute Gasteiger partial charge is 0.493 e. The van der Waals surface area contributed by atoms with Crippen molar-refractivity contribution in [3.63, 3.8) is 0 Å². The van der Waals surface area contributed by atoms with Gasteiger partial charge in [-0.3, -0.25) is 14.4 Å². The minimum atomic E-state index is -0.578. The SMILES string of the molecule is CCOc1ccc(C(C)=O)cc1COC(=O)CNC(=O)c1ccc(C(C)(C)C)cc1. The fraction of sp³-hybridized carbons (Fsp3) is 0.375. The van der Waals surface area contributed by atoms with E-state index < -0.39 is 5.97 Å². The van der Waals surface area contributed by atoms with E-state index in [1.165, 1.54) is 6.92 Å². The molecule has 0 radical (unpaired) electrons. The predicted molar refractivity (Wildman–Crippen MR) is 115 cm³/mol. The van der Waals surface area contributed by atoms with Crippen molar-refractivity contribution in [3.05, 3.63) is 64.7 Å². The van der Waals surface area contributed by atoms with Gasteiger partial charge in [0.25, 0.3) is 5.91 Å². The lowest BCUT2D eigenvalue weighted by Crippen LogP contribution is -2.30. The van der Waals surface area contributed by atoms with E-state index in [2.05, 4.69) is 26.1 Å². The molecule has 2 rings (SSSR count). The Bertz CT molecular complexity index is 910. The van der Waals surface area contributed by atoms with Gasteiger partial charge in [-0.2, -0.15) is 0 Å². The molecule has 0 aliphatic carbocycles. The Labute approximate surface area is 177 Å². The lowest BCUT2D eigenvalue weighted by Gasteiger charge is -2.19. The van der Waals surface area contributed by atoms with Gasteiger partial charge in [0.1, 0.15) is 18.9 Å². The summed E-state index contributed by atoms with van der Waals surface area (Å²) in [6.07, 6.45) is 0. The van der Waals surface area contributed by atoms with Gasteiger partial charge in [0.15, 0.2) is 5.78 Å². The molecular weight excluding hydrogens is 382 g/mol. The Hall–Kier alpha value is -3.15. The zero-order chi connectivity index (χ0) is 22.3. The molecule has 0 bridgehead atoms. The number of benzene rings is 2. The summed E-state index contributed by atoms with van der Waals surface area (Å²) in [5.74, 6) is -0.458. The monoisotopic (exact) mass is 411 g/mol. The normalized spacial score (nSPS) is 11.0. The Kier molecular flexibility index (Phi) is 7.75. The molecule has 0 saturated carbocycles. The quantitative estimate of drug-likeness (QED) is 0.523. The van der Waals surface area contributed by atoms with Crippen LogP contribution in [0.25, 0.3) is 0 Å². The fourth-order valence-electron chi connectivity index (χ4n) is 2.79. The Morgan fingerprint density at radius 2 is 1.60 bits per heavy atom. The molecule has 30 heavy (non-hydrogen) atoms. The Balaban J connectivity index is 1.93. The average molecular weight is 411 g/mol. The molecule has 6 nitrogen and oxygen atoms in total. The third-order valence-corrected chi connectivity index (χ3v) is 4.56. The molecule has 6 heteroatoms. The molecular formula is C24H29NO5.